The molecule has 0 unspecified atom stereocenters. The number of aromatic nitrogens is 1. The van der Waals surface area contributed by atoms with E-state index in [0.29, 0.717) is 23.7 Å². The fourth-order valence-corrected chi connectivity index (χ4v) is 1.72. The molecule has 0 amide bonds. The van der Waals surface area contributed by atoms with Gasteiger partial charge >= 0.3 is 5.97 Å². The van der Waals surface area contributed by atoms with Crippen molar-refractivity contribution in [1.29, 1.82) is 0 Å². The quantitative estimate of drug-likeness (QED) is 0.826. The highest BCUT2D eigenvalue weighted by Crippen LogP contribution is 2.26. The Hall–Kier alpha value is -2.82. The number of rotatable bonds is 6. The molecule has 21 heavy (non-hydrogen) atoms. The number of nitrogens with zero attached hydrogens (tertiary/aromatic N) is 1. The van der Waals surface area contributed by atoms with E-state index in [2.05, 4.69) is 4.98 Å². The van der Waals surface area contributed by atoms with E-state index >= 15 is 0 Å². The van der Waals surface area contributed by atoms with Crippen LogP contribution in [0.1, 0.15) is 11.1 Å². The first-order valence-corrected chi connectivity index (χ1v) is 6.30. The van der Waals surface area contributed by atoms with E-state index in [1.165, 1.54) is 6.08 Å². The maximum Gasteiger partial charge on any atom is 0.328 e. The average Bonchev–Trinajstić information content (AvgIpc) is 2.52. The average molecular weight is 285 g/mol. The van der Waals surface area contributed by atoms with Gasteiger partial charge in [-0.15, -0.1) is 0 Å². The van der Waals surface area contributed by atoms with Crippen molar-refractivity contribution in [2.24, 2.45) is 0 Å². The van der Waals surface area contributed by atoms with Crippen molar-refractivity contribution in [3.63, 3.8) is 0 Å². The number of carboxylic acids is 1. The highest BCUT2D eigenvalue weighted by molar-refractivity contribution is 5.86. The minimum Gasteiger partial charge on any atom is -0.497 e. The normalized spacial score (nSPS) is 10.5. The maximum atomic E-state index is 10.7. The maximum absolute atomic E-state index is 10.7. The molecule has 0 atom stereocenters. The fraction of sp³-hybridized carbons (Fsp3) is 0.125. The Morgan fingerprint density at radius 3 is 2.90 bits per heavy atom. The summed E-state index contributed by atoms with van der Waals surface area (Å²) in [6.45, 7) is 0.355. The van der Waals surface area contributed by atoms with Crippen molar-refractivity contribution in [1.82, 2.24) is 4.98 Å². The van der Waals surface area contributed by atoms with Gasteiger partial charge in [-0.1, -0.05) is 6.07 Å². The van der Waals surface area contributed by atoms with Crippen molar-refractivity contribution in [3.8, 4) is 11.5 Å². The Kier molecular flexibility index (Phi) is 4.93. The van der Waals surface area contributed by atoms with Crippen LogP contribution in [0.5, 0.6) is 11.5 Å². The van der Waals surface area contributed by atoms with Gasteiger partial charge in [-0.05, 0) is 30.3 Å². The molecular weight excluding hydrogens is 270 g/mol. The van der Waals surface area contributed by atoms with Gasteiger partial charge in [0.25, 0.3) is 0 Å². The summed E-state index contributed by atoms with van der Waals surface area (Å²) in [6, 6.07) is 8.96. The Morgan fingerprint density at radius 2 is 2.24 bits per heavy atom. The predicted octanol–water partition coefficient (Wildman–Crippen LogP) is 2.77. The van der Waals surface area contributed by atoms with Crippen LogP contribution in [0.2, 0.25) is 0 Å². The third-order valence-corrected chi connectivity index (χ3v) is 2.74. The summed E-state index contributed by atoms with van der Waals surface area (Å²) in [5.41, 5.74) is 1.57. The van der Waals surface area contributed by atoms with Gasteiger partial charge in [0.05, 0.1) is 7.11 Å². The van der Waals surface area contributed by atoms with Crippen molar-refractivity contribution in [2.75, 3.05) is 7.11 Å². The molecule has 0 spiro atoms. The van der Waals surface area contributed by atoms with Crippen molar-refractivity contribution in [2.45, 2.75) is 6.61 Å². The number of pyridine rings is 1. The molecular formula is C16H15NO4. The van der Waals surface area contributed by atoms with Crippen molar-refractivity contribution in [3.05, 3.63) is 59.9 Å². The van der Waals surface area contributed by atoms with Crippen LogP contribution in [-0.2, 0) is 11.4 Å². The van der Waals surface area contributed by atoms with Gasteiger partial charge < -0.3 is 14.6 Å². The molecule has 0 bridgehead atoms. The molecule has 1 aromatic heterocycles. The highest BCUT2D eigenvalue weighted by atomic mass is 16.5. The molecule has 0 aliphatic rings. The van der Waals surface area contributed by atoms with Gasteiger partial charge in [-0.3, -0.25) is 4.98 Å². The summed E-state index contributed by atoms with van der Waals surface area (Å²) in [5, 5.41) is 8.73. The third-order valence-electron chi connectivity index (χ3n) is 2.74. The molecule has 108 valence electrons. The fourth-order valence-electron chi connectivity index (χ4n) is 1.72. The SMILES string of the molecule is COc1ccc(OCc2cccnc2)c(/C=C/C(=O)O)c1. The highest BCUT2D eigenvalue weighted by Gasteiger charge is 2.05. The zero-order valence-corrected chi connectivity index (χ0v) is 11.5. The molecule has 0 radical (unpaired) electrons. The second-order valence-corrected chi connectivity index (χ2v) is 4.23. The molecule has 2 rings (SSSR count). The summed E-state index contributed by atoms with van der Waals surface area (Å²) < 4.78 is 10.8. The van der Waals surface area contributed by atoms with E-state index in [-0.39, 0.29) is 0 Å². The van der Waals surface area contributed by atoms with E-state index in [1.54, 1.807) is 37.7 Å². The van der Waals surface area contributed by atoms with Gasteiger partial charge in [0.1, 0.15) is 18.1 Å². The zero-order chi connectivity index (χ0) is 15.1. The lowest BCUT2D eigenvalue weighted by Crippen LogP contribution is -1.98. The molecule has 0 aliphatic heterocycles. The topological polar surface area (TPSA) is 68.7 Å². The summed E-state index contributed by atoms with van der Waals surface area (Å²) in [6.07, 6.45) is 5.95. The van der Waals surface area contributed by atoms with Gasteiger partial charge in [0.15, 0.2) is 0 Å². The van der Waals surface area contributed by atoms with E-state index in [4.69, 9.17) is 14.6 Å². The van der Waals surface area contributed by atoms with Crippen LogP contribution in [0.25, 0.3) is 6.08 Å². The summed E-state index contributed by atoms with van der Waals surface area (Å²) in [7, 11) is 1.55. The second kappa shape index (κ2) is 7.09. The molecule has 5 nitrogen and oxygen atoms in total. The van der Waals surface area contributed by atoms with Crippen molar-refractivity contribution < 1.29 is 19.4 Å². The number of ether oxygens (including phenoxy) is 2. The van der Waals surface area contributed by atoms with Crippen LogP contribution in [0.15, 0.2) is 48.8 Å². The lowest BCUT2D eigenvalue weighted by molar-refractivity contribution is -0.131. The standard InChI is InChI=1S/C16H15NO4/c1-20-14-5-6-15(13(9-14)4-7-16(18)19)21-11-12-3-2-8-17-10-12/h2-10H,11H2,1H3,(H,18,19)/b7-4+. The Bertz CT molecular complexity index is 638. The largest absolute Gasteiger partial charge is 0.497 e. The summed E-state index contributed by atoms with van der Waals surface area (Å²) in [5.74, 6) is 0.196. The lowest BCUT2D eigenvalue weighted by Gasteiger charge is -2.10. The number of carboxylic acid groups (broad SMARTS) is 1. The zero-order valence-electron chi connectivity index (χ0n) is 11.5. The summed E-state index contributed by atoms with van der Waals surface area (Å²) in [4.78, 5) is 14.7. The van der Waals surface area contributed by atoms with E-state index < -0.39 is 5.97 Å². The monoisotopic (exact) mass is 285 g/mol. The Balaban J connectivity index is 2.19. The molecule has 0 fully saturated rings. The Labute approximate surface area is 122 Å². The number of methoxy groups -OCH3 is 1. The first-order chi connectivity index (χ1) is 10.2. The van der Waals surface area contributed by atoms with Crippen LogP contribution in [0.4, 0.5) is 0 Å². The molecule has 1 heterocycles. The van der Waals surface area contributed by atoms with E-state index in [9.17, 15) is 4.79 Å². The second-order valence-electron chi connectivity index (χ2n) is 4.23. The minimum absolute atomic E-state index is 0.355. The molecule has 1 aromatic carbocycles. The first kappa shape index (κ1) is 14.6. The van der Waals surface area contributed by atoms with Crippen molar-refractivity contribution >= 4 is 12.0 Å². The van der Waals surface area contributed by atoms with Crippen LogP contribution < -0.4 is 9.47 Å². The molecule has 0 aliphatic carbocycles. The van der Waals surface area contributed by atoms with Gasteiger partial charge in [0, 0.05) is 29.6 Å². The van der Waals surface area contributed by atoms with Gasteiger partial charge in [-0.2, -0.15) is 0 Å². The van der Waals surface area contributed by atoms with Crippen LogP contribution in [0.3, 0.4) is 0 Å². The lowest BCUT2D eigenvalue weighted by atomic mass is 10.1. The number of carbonyl (C=O) groups is 1. The molecule has 0 saturated heterocycles. The summed E-state index contributed by atoms with van der Waals surface area (Å²) >= 11 is 0. The number of aliphatic carboxylic acids is 1. The first-order valence-electron chi connectivity index (χ1n) is 6.30. The van der Waals surface area contributed by atoms with Crippen LogP contribution in [0, 0.1) is 0 Å². The van der Waals surface area contributed by atoms with Crippen LogP contribution in [-0.4, -0.2) is 23.2 Å². The van der Waals surface area contributed by atoms with E-state index in [1.807, 2.05) is 12.1 Å². The molecule has 1 N–H and O–H groups in total. The van der Waals surface area contributed by atoms with Crippen LogP contribution >= 0.6 is 0 Å². The number of hydrogen-bond acceptors (Lipinski definition) is 4. The predicted molar refractivity (Wildman–Crippen MR) is 78.2 cm³/mol. The Morgan fingerprint density at radius 1 is 1.38 bits per heavy atom. The molecule has 5 heteroatoms. The third kappa shape index (κ3) is 4.35. The number of benzene rings is 1. The smallest absolute Gasteiger partial charge is 0.328 e. The molecule has 0 saturated carbocycles. The van der Waals surface area contributed by atoms with E-state index in [0.717, 1.165) is 11.6 Å². The van der Waals surface area contributed by atoms with Gasteiger partial charge in [0.2, 0.25) is 0 Å². The minimum atomic E-state index is -1.02. The molecule has 2 aromatic rings. The van der Waals surface area contributed by atoms with Gasteiger partial charge in [-0.25, -0.2) is 4.79 Å². The number of hydrogen-bond donors (Lipinski definition) is 1.